The first-order valence-corrected chi connectivity index (χ1v) is 6.46. The lowest BCUT2D eigenvalue weighted by molar-refractivity contribution is 0.0562. The summed E-state index contributed by atoms with van der Waals surface area (Å²) in [5, 5.41) is 0. The molecule has 2 N–H and O–H groups in total. The van der Waals surface area contributed by atoms with Crippen molar-refractivity contribution in [2.75, 3.05) is 13.1 Å². The monoisotopic (exact) mass is 226 g/mol. The topological polar surface area (TPSA) is 29.3 Å². The average molecular weight is 226 g/mol. The highest BCUT2D eigenvalue weighted by atomic mass is 15.3. The molecular formula is C14H30N2. The van der Waals surface area contributed by atoms with E-state index in [0.29, 0.717) is 16.9 Å². The van der Waals surface area contributed by atoms with Gasteiger partial charge in [-0.05, 0) is 44.6 Å². The minimum atomic E-state index is 0.241. The van der Waals surface area contributed by atoms with Crippen molar-refractivity contribution in [3.63, 3.8) is 0 Å². The third kappa shape index (κ3) is 2.78. The molecule has 1 aliphatic rings. The Balaban J connectivity index is 2.98. The van der Waals surface area contributed by atoms with Gasteiger partial charge in [-0.15, -0.1) is 0 Å². The van der Waals surface area contributed by atoms with E-state index in [4.69, 9.17) is 5.73 Å². The van der Waals surface area contributed by atoms with Crippen LogP contribution in [-0.4, -0.2) is 29.6 Å². The Kier molecular flexibility index (Phi) is 3.49. The van der Waals surface area contributed by atoms with Gasteiger partial charge in [0.1, 0.15) is 0 Å². The fraction of sp³-hybridized carbons (Fsp3) is 1.00. The Bertz CT molecular complexity index is 222. The number of hydrogen-bond donors (Lipinski definition) is 1. The number of likely N-dealkylation sites (tertiary alicyclic amines) is 1. The molecule has 2 atom stereocenters. The third-order valence-electron chi connectivity index (χ3n) is 3.97. The van der Waals surface area contributed by atoms with E-state index >= 15 is 0 Å². The van der Waals surface area contributed by atoms with Crippen molar-refractivity contribution in [1.82, 2.24) is 4.90 Å². The molecule has 1 fully saturated rings. The smallest absolute Gasteiger partial charge is 0.0155 e. The molecule has 96 valence electrons. The summed E-state index contributed by atoms with van der Waals surface area (Å²) in [5.41, 5.74) is 6.82. The predicted octanol–water partition coefficient (Wildman–Crippen LogP) is 2.87. The van der Waals surface area contributed by atoms with Crippen LogP contribution < -0.4 is 5.73 Å². The van der Waals surface area contributed by atoms with E-state index < -0.39 is 0 Å². The molecule has 1 aliphatic heterocycles. The molecule has 1 rings (SSSR count). The van der Waals surface area contributed by atoms with Crippen molar-refractivity contribution in [3.8, 4) is 0 Å². The second-order valence-electron chi connectivity index (χ2n) is 7.90. The van der Waals surface area contributed by atoms with E-state index in [1.165, 1.54) is 6.42 Å². The van der Waals surface area contributed by atoms with Gasteiger partial charge in [-0.25, -0.2) is 0 Å². The van der Waals surface area contributed by atoms with Crippen molar-refractivity contribution in [1.29, 1.82) is 0 Å². The summed E-state index contributed by atoms with van der Waals surface area (Å²) < 4.78 is 0. The highest BCUT2D eigenvalue weighted by Gasteiger charge is 2.47. The molecule has 2 nitrogen and oxygen atoms in total. The Labute approximate surface area is 102 Å². The van der Waals surface area contributed by atoms with Crippen LogP contribution in [0.3, 0.4) is 0 Å². The maximum atomic E-state index is 5.95. The molecule has 0 amide bonds. The Morgan fingerprint density at radius 3 is 1.94 bits per heavy atom. The summed E-state index contributed by atoms with van der Waals surface area (Å²) in [6.07, 6.45) is 1.23. The summed E-state index contributed by atoms with van der Waals surface area (Å²) >= 11 is 0. The molecule has 0 spiro atoms. The first-order valence-electron chi connectivity index (χ1n) is 6.46. The highest BCUT2D eigenvalue weighted by molar-refractivity contribution is 5.02. The van der Waals surface area contributed by atoms with Crippen molar-refractivity contribution in [2.45, 2.75) is 66.5 Å². The largest absolute Gasteiger partial charge is 0.330 e. The zero-order valence-corrected chi connectivity index (χ0v) is 12.2. The Hall–Kier alpha value is -0.0800. The standard InChI is InChI=1S/C14H30N2/c1-12(2,3)11-8-14(7,9-15)10-16(11)13(4,5)6/h11H,8-10,15H2,1-7H3/t11?,14-/m0/s1. The van der Waals surface area contributed by atoms with Crippen molar-refractivity contribution < 1.29 is 0 Å². The van der Waals surface area contributed by atoms with Gasteiger partial charge in [-0.2, -0.15) is 0 Å². The summed E-state index contributed by atoms with van der Waals surface area (Å²) in [6.45, 7) is 18.2. The normalized spacial score (nSPS) is 33.4. The van der Waals surface area contributed by atoms with Crippen LogP contribution in [0.15, 0.2) is 0 Å². The quantitative estimate of drug-likeness (QED) is 0.745. The lowest BCUT2D eigenvalue weighted by atomic mass is 9.79. The number of nitrogens with two attached hydrogens (primary N) is 1. The SMILES string of the molecule is CC(C)(C)C1C[C@@](C)(CN)CN1C(C)(C)C. The second-order valence-corrected chi connectivity index (χ2v) is 7.90. The Morgan fingerprint density at radius 2 is 1.69 bits per heavy atom. The van der Waals surface area contributed by atoms with Crippen LogP contribution in [0.2, 0.25) is 0 Å². The van der Waals surface area contributed by atoms with Gasteiger partial charge >= 0.3 is 0 Å². The summed E-state index contributed by atoms with van der Waals surface area (Å²) in [4.78, 5) is 2.65. The first kappa shape index (κ1) is 14.0. The molecule has 0 bridgehead atoms. The highest BCUT2D eigenvalue weighted by Crippen LogP contribution is 2.44. The van der Waals surface area contributed by atoms with Gasteiger partial charge in [0.2, 0.25) is 0 Å². The molecular weight excluding hydrogens is 196 g/mol. The summed E-state index contributed by atoms with van der Waals surface area (Å²) in [6, 6.07) is 0.640. The fourth-order valence-electron chi connectivity index (χ4n) is 2.79. The average Bonchev–Trinajstić information content (AvgIpc) is 2.43. The van der Waals surface area contributed by atoms with E-state index in [1.807, 2.05) is 0 Å². The predicted molar refractivity (Wildman–Crippen MR) is 71.5 cm³/mol. The second kappa shape index (κ2) is 3.99. The molecule has 0 aliphatic carbocycles. The van der Waals surface area contributed by atoms with Gasteiger partial charge in [0.05, 0.1) is 0 Å². The number of hydrogen-bond acceptors (Lipinski definition) is 2. The van der Waals surface area contributed by atoms with Gasteiger partial charge in [-0.1, -0.05) is 27.7 Å². The third-order valence-corrected chi connectivity index (χ3v) is 3.97. The molecule has 1 heterocycles. The van der Waals surface area contributed by atoms with E-state index in [1.54, 1.807) is 0 Å². The molecule has 2 heteroatoms. The maximum absolute atomic E-state index is 5.95. The zero-order chi connectivity index (χ0) is 12.8. The van der Waals surface area contributed by atoms with Crippen LogP contribution in [0.4, 0.5) is 0 Å². The van der Waals surface area contributed by atoms with Crippen LogP contribution in [-0.2, 0) is 0 Å². The van der Waals surface area contributed by atoms with Crippen LogP contribution in [0.25, 0.3) is 0 Å². The Morgan fingerprint density at radius 1 is 1.19 bits per heavy atom. The van der Waals surface area contributed by atoms with E-state index in [9.17, 15) is 0 Å². The fourth-order valence-corrected chi connectivity index (χ4v) is 2.79. The molecule has 1 saturated heterocycles. The van der Waals surface area contributed by atoms with Gasteiger partial charge < -0.3 is 5.73 Å². The molecule has 0 aromatic carbocycles. The molecule has 0 aromatic rings. The van der Waals surface area contributed by atoms with Crippen LogP contribution in [0, 0.1) is 10.8 Å². The molecule has 1 unspecified atom stereocenters. The molecule has 0 saturated carbocycles. The minimum absolute atomic E-state index is 0.241. The lowest BCUT2D eigenvalue weighted by Crippen LogP contribution is -2.49. The van der Waals surface area contributed by atoms with Gasteiger partial charge in [0.25, 0.3) is 0 Å². The summed E-state index contributed by atoms with van der Waals surface area (Å²) in [7, 11) is 0. The van der Waals surface area contributed by atoms with Crippen LogP contribution in [0.1, 0.15) is 54.9 Å². The molecule has 16 heavy (non-hydrogen) atoms. The zero-order valence-electron chi connectivity index (χ0n) is 12.2. The van der Waals surface area contributed by atoms with Gasteiger partial charge in [-0.3, -0.25) is 4.90 Å². The summed E-state index contributed by atoms with van der Waals surface area (Å²) in [5.74, 6) is 0. The van der Waals surface area contributed by atoms with Crippen molar-refractivity contribution >= 4 is 0 Å². The molecule has 0 radical (unpaired) electrons. The van der Waals surface area contributed by atoms with Crippen LogP contribution >= 0.6 is 0 Å². The minimum Gasteiger partial charge on any atom is -0.330 e. The van der Waals surface area contributed by atoms with Crippen molar-refractivity contribution in [2.24, 2.45) is 16.6 Å². The first-order chi connectivity index (χ1) is 6.99. The van der Waals surface area contributed by atoms with Crippen LogP contribution in [0.5, 0.6) is 0 Å². The number of rotatable bonds is 1. The van der Waals surface area contributed by atoms with Crippen molar-refractivity contribution in [3.05, 3.63) is 0 Å². The lowest BCUT2D eigenvalue weighted by Gasteiger charge is -2.43. The van der Waals surface area contributed by atoms with Gasteiger partial charge in [0.15, 0.2) is 0 Å². The van der Waals surface area contributed by atoms with Gasteiger partial charge in [0, 0.05) is 18.1 Å². The van der Waals surface area contributed by atoms with E-state index in [0.717, 1.165) is 13.1 Å². The van der Waals surface area contributed by atoms with E-state index in [-0.39, 0.29) is 5.54 Å². The maximum Gasteiger partial charge on any atom is 0.0155 e. The molecule has 0 aromatic heterocycles. The number of nitrogens with zero attached hydrogens (tertiary/aromatic N) is 1. The van der Waals surface area contributed by atoms with E-state index in [2.05, 4.69) is 53.4 Å².